The summed E-state index contributed by atoms with van der Waals surface area (Å²) in [5, 5.41) is 0. The molecule has 0 radical (unpaired) electrons. The van der Waals surface area contributed by atoms with Crippen molar-refractivity contribution in [3.8, 4) is 0 Å². The summed E-state index contributed by atoms with van der Waals surface area (Å²) in [4.78, 5) is 2.31. The van der Waals surface area contributed by atoms with Crippen LogP contribution in [0.3, 0.4) is 0 Å². The minimum Gasteiger partial charge on any atom is -0.378 e. The molecule has 0 aliphatic carbocycles. The Balaban J connectivity index is 2.14. The number of allylic oxidation sites excluding steroid dienone is 1. The van der Waals surface area contributed by atoms with E-state index in [-0.39, 0.29) is 0 Å². The molecule has 1 aliphatic rings. The molecule has 1 rings (SSSR count). The van der Waals surface area contributed by atoms with Crippen molar-refractivity contribution in [2.45, 2.75) is 13.3 Å². The molecule has 0 N–H and O–H groups in total. The Morgan fingerprint density at radius 2 is 2.14 bits per heavy atom. The van der Waals surface area contributed by atoms with Crippen LogP contribution in [-0.4, -0.2) is 18.0 Å². The predicted molar refractivity (Wildman–Crippen MR) is 31.0 cm³/mol. The van der Waals surface area contributed by atoms with Gasteiger partial charge in [-0.05, 0) is 19.5 Å². The molecule has 1 saturated heterocycles. The van der Waals surface area contributed by atoms with Crippen molar-refractivity contribution in [3.63, 3.8) is 0 Å². The maximum Gasteiger partial charge on any atom is 0.0189 e. The second-order valence-corrected chi connectivity index (χ2v) is 1.87. The Labute approximate surface area is 44.6 Å². The van der Waals surface area contributed by atoms with Crippen LogP contribution in [0.5, 0.6) is 0 Å². The molecular weight excluding hydrogens is 86.1 g/mol. The number of rotatable bonds is 1. The van der Waals surface area contributed by atoms with Gasteiger partial charge in [-0.2, -0.15) is 0 Å². The minimum atomic E-state index is 1.27. The first kappa shape index (κ1) is 4.69. The third-order valence-electron chi connectivity index (χ3n) is 1.25. The van der Waals surface area contributed by atoms with Crippen molar-refractivity contribution in [1.82, 2.24) is 4.90 Å². The van der Waals surface area contributed by atoms with Crippen LogP contribution >= 0.6 is 0 Å². The highest BCUT2D eigenvalue weighted by Gasteiger charge is 2.06. The first-order valence-corrected chi connectivity index (χ1v) is 2.80. The Bertz CT molecular complexity index is 72.2. The molecular formula is C6H11N. The Hall–Kier alpha value is -0.460. The van der Waals surface area contributed by atoms with Crippen LogP contribution in [0.4, 0.5) is 0 Å². The second-order valence-electron chi connectivity index (χ2n) is 1.87. The maximum absolute atomic E-state index is 2.31. The standard InChI is InChI=1S/C6H11N/c1-2-4-7-5-3-6-7/h2,4H,3,5-6H2,1H3. The van der Waals surface area contributed by atoms with Gasteiger partial charge in [0.1, 0.15) is 0 Å². The average molecular weight is 97.2 g/mol. The summed E-state index contributed by atoms with van der Waals surface area (Å²) in [7, 11) is 0. The second kappa shape index (κ2) is 2.01. The summed E-state index contributed by atoms with van der Waals surface area (Å²) in [6.07, 6.45) is 5.60. The lowest BCUT2D eigenvalue weighted by Gasteiger charge is -2.28. The summed E-state index contributed by atoms with van der Waals surface area (Å²) in [6, 6.07) is 0. The SMILES string of the molecule is CC=CN1CCC1. The molecule has 1 heteroatoms. The van der Waals surface area contributed by atoms with E-state index >= 15 is 0 Å². The van der Waals surface area contributed by atoms with Crippen molar-refractivity contribution < 1.29 is 0 Å². The van der Waals surface area contributed by atoms with Crippen LogP contribution in [0.2, 0.25) is 0 Å². The highest BCUT2D eigenvalue weighted by molar-refractivity contribution is 4.83. The largest absolute Gasteiger partial charge is 0.378 e. The van der Waals surface area contributed by atoms with Gasteiger partial charge in [-0.15, -0.1) is 0 Å². The van der Waals surface area contributed by atoms with Gasteiger partial charge in [0.05, 0.1) is 0 Å². The van der Waals surface area contributed by atoms with E-state index in [0.29, 0.717) is 0 Å². The highest BCUT2D eigenvalue weighted by atomic mass is 15.1. The lowest BCUT2D eigenvalue weighted by Crippen LogP contribution is -2.31. The molecule has 0 aromatic carbocycles. The van der Waals surface area contributed by atoms with E-state index in [1.165, 1.54) is 19.5 Å². The monoisotopic (exact) mass is 97.1 g/mol. The van der Waals surface area contributed by atoms with Gasteiger partial charge in [0.25, 0.3) is 0 Å². The van der Waals surface area contributed by atoms with Crippen LogP contribution in [0.15, 0.2) is 12.3 Å². The minimum absolute atomic E-state index is 1.27. The average Bonchev–Trinajstić information content (AvgIpc) is 1.55. The zero-order chi connectivity index (χ0) is 5.11. The van der Waals surface area contributed by atoms with Crippen molar-refractivity contribution in [2.24, 2.45) is 0 Å². The fraction of sp³-hybridized carbons (Fsp3) is 0.667. The topological polar surface area (TPSA) is 3.24 Å². The molecule has 1 aliphatic heterocycles. The molecule has 0 saturated carbocycles. The molecule has 7 heavy (non-hydrogen) atoms. The van der Waals surface area contributed by atoms with E-state index in [1.807, 2.05) is 0 Å². The normalized spacial score (nSPS) is 20.4. The number of likely N-dealkylation sites (tertiary alicyclic amines) is 1. The zero-order valence-corrected chi connectivity index (χ0v) is 4.72. The van der Waals surface area contributed by atoms with Gasteiger partial charge in [0, 0.05) is 13.1 Å². The van der Waals surface area contributed by atoms with E-state index in [2.05, 4.69) is 24.1 Å². The van der Waals surface area contributed by atoms with Crippen LogP contribution in [0.1, 0.15) is 13.3 Å². The smallest absolute Gasteiger partial charge is 0.0189 e. The third-order valence-corrected chi connectivity index (χ3v) is 1.25. The molecule has 0 bridgehead atoms. The van der Waals surface area contributed by atoms with Gasteiger partial charge in [-0.1, -0.05) is 6.08 Å². The van der Waals surface area contributed by atoms with E-state index in [0.717, 1.165) is 0 Å². The first-order chi connectivity index (χ1) is 3.43. The van der Waals surface area contributed by atoms with Gasteiger partial charge < -0.3 is 4.90 Å². The van der Waals surface area contributed by atoms with Crippen LogP contribution in [0, 0.1) is 0 Å². The van der Waals surface area contributed by atoms with Gasteiger partial charge in [-0.25, -0.2) is 0 Å². The van der Waals surface area contributed by atoms with Gasteiger partial charge in [-0.3, -0.25) is 0 Å². The molecule has 0 aromatic heterocycles. The lowest BCUT2D eigenvalue weighted by atomic mass is 10.2. The van der Waals surface area contributed by atoms with E-state index in [9.17, 15) is 0 Å². The number of hydrogen-bond donors (Lipinski definition) is 0. The quantitative estimate of drug-likeness (QED) is 0.475. The summed E-state index contributed by atoms with van der Waals surface area (Å²) in [5.41, 5.74) is 0. The van der Waals surface area contributed by atoms with Crippen molar-refractivity contribution in [2.75, 3.05) is 13.1 Å². The molecule has 1 nitrogen and oxygen atoms in total. The van der Waals surface area contributed by atoms with Crippen molar-refractivity contribution in [1.29, 1.82) is 0 Å². The fourth-order valence-corrected chi connectivity index (χ4v) is 0.701. The summed E-state index contributed by atoms with van der Waals surface area (Å²) in [5.74, 6) is 0. The Kier molecular flexibility index (Phi) is 1.35. The van der Waals surface area contributed by atoms with Crippen molar-refractivity contribution >= 4 is 0 Å². The predicted octanol–water partition coefficient (Wildman–Crippen LogP) is 1.23. The Morgan fingerprint density at radius 3 is 2.29 bits per heavy atom. The Morgan fingerprint density at radius 1 is 1.43 bits per heavy atom. The van der Waals surface area contributed by atoms with Crippen LogP contribution in [-0.2, 0) is 0 Å². The van der Waals surface area contributed by atoms with Crippen LogP contribution < -0.4 is 0 Å². The molecule has 0 spiro atoms. The number of hydrogen-bond acceptors (Lipinski definition) is 1. The van der Waals surface area contributed by atoms with E-state index in [4.69, 9.17) is 0 Å². The zero-order valence-electron chi connectivity index (χ0n) is 4.72. The van der Waals surface area contributed by atoms with Gasteiger partial charge in [0.15, 0.2) is 0 Å². The van der Waals surface area contributed by atoms with E-state index < -0.39 is 0 Å². The number of nitrogens with zero attached hydrogens (tertiary/aromatic N) is 1. The van der Waals surface area contributed by atoms with Gasteiger partial charge in [0.2, 0.25) is 0 Å². The fourth-order valence-electron chi connectivity index (χ4n) is 0.701. The lowest BCUT2D eigenvalue weighted by molar-refractivity contribution is 0.263. The van der Waals surface area contributed by atoms with Gasteiger partial charge >= 0.3 is 0 Å². The molecule has 0 unspecified atom stereocenters. The third kappa shape index (κ3) is 0.952. The summed E-state index contributed by atoms with van der Waals surface area (Å²) < 4.78 is 0. The highest BCUT2D eigenvalue weighted by Crippen LogP contribution is 2.04. The molecule has 0 aromatic rings. The molecule has 1 heterocycles. The van der Waals surface area contributed by atoms with Crippen LogP contribution in [0.25, 0.3) is 0 Å². The molecule has 40 valence electrons. The summed E-state index contributed by atoms with van der Waals surface area (Å²) in [6.45, 7) is 4.59. The summed E-state index contributed by atoms with van der Waals surface area (Å²) >= 11 is 0. The van der Waals surface area contributed by atoms with E-state index in [1.54, 1.807) is 0 Å². The first-order valence-electron chi connectivity index (χ1n) is 2.80. The molecule has 0 atom stereocenters. The molecule has 1 fully saturated rings. The maximum atomic E-state index is 2.31. The van der Waals surface area contributed by atoms with Crippen molar-refractivity contribution in [3.05, 3.63) is 12.3 Å². The molecule has 0 amide bonds.